The first kappa shape index (κ1) is 9.96. The highest BCUT2D eigenvalue weighted by Crippen LogP contribution is 2.23. The van der Waals surface area contributed by atoms with Crippen molar-refractivity contribution in [3.63, 3.8) is 0 Å². The Morgan fingerprint density at radius 1 is 1.18 bits per heavy atom. The van der Waals surface area contributed by atoms with Crippen molar-refractivity contribution in [3.05, 3.63) is 47.9 Å². The summed E-state index contributed by atoms with van der Waals surface area (Å²) in [5.74, 6) is -0.272. The first-order chi connectivity index (χ1) is 8.24. The molecule has 0 atom stereocenters. The Balaban J connectivity index is 2.29. The Morgan fingerprint density at radius 2 is 2.06 bits per heavy atom. The van der Waals surface area contributed by atoms with Crippen molar-refractivity contribution in [3.8, 4) is 11.4 Å². The van der Waals surface area contributed by atoms with Crippen LogP contribution in [-0.2, 0) is 0 Å². The largest absolute Gasteiger partial charge is 0.276 e. The lowest BCUT2D eigenvalue weighted by Gasteiger charge is -2.05. The van der Waals surface area contributed by atoms with E-state index in [-0.39, 0.29) is 5.82 Å². The molecule has 0 radical (unpaired) electrons. The molecule has 2 aromatic heterocycles. The summed E-state index contributed by atoms with van der Waals surface area (Å²) in [4.78, 5) is 4.43. The van der Waals surface area contributed by atoms with E-state index in [0.29, 0.717) is 5.52 Å². The summed E-state index contributed by atoms with van der Waals surface area (Å²) in [5.41, 5.74) is 3.34. The van der Waals surface area contributed by atoms with E-state index in [4.69, 9.17) is 0 Å². The molecule has 3 rings (SSSR count). The molecule has 3 nitrogen and oxygen atoms in total. The molecule has 1 aromatic carbocycles. The molecule has 0 spiro atoms. The SMILES string of the molecule is Cc1cc(-c2ccn[nH]2)nc2cc(F)ccc12. The molecule has 0 aliphatic rings. The van der Waals surface area contributed by atoms with Gasteiger partial charge in [0, 0.05) is 17.6 Å². The van der Waals surface area contributed by atoms with Crippen LogP contribution in [0, 0.1) is 12.7 Å². The van der Waals surface area contributed by atoms with Gasteiger partial charge < -0.3 is 0 Å². The van der Waals surface area contributed by atoms with Crippen molar-refractivity contribution in [1.29, 1.82) is 0 Å². The number of nitrogens with one attached hydrogen (secondary N) is 1. The predicted molar refractivity (Wildman–Crippen MR) is 64.0 cm³/mol. The van der Waals surface area contributed by atoms with E-state index in [1.807, 2.05) is 19.1 Å². The van der Waals surface area contributed by atoms with Crippen molar-refractivity contribution < 1.29 is 4.39 Å². The highest BCUT2D eigenvalue weighted by Gasteiger charge is 2.06. The zero-order chi connectivity index (χ0) is 11.8. The summed E-state index contributed by atoms with van der Waals surface area (Å²) in [6, 6.07) is 8.46. The van der Waals surface area contributed by atoms with Crippen LogP contribution in [0.5, 0.6) is 0 Å². The van der Waals surface area contributed by atoms with Gasteiger partial charge in [0.1, 0.15) is 5.82 Å². The smallest absolute Gasteiger partial charge is 0.125 e. The molecule has 2 heterocycles. The lowest BCUT2D eigenvalue weighted by Crippen LogP contribution is -1.90. The third kappa shape index (κ3) is 1.67. The third-order valence-electron chi connectivity index (χ3n) is 2.76. The number of hydrogen-bond acceptors (Lipinski definition) is 2. The minimum atomic E-state index is -0.272. The number of aromatic nitrogens is 3. The summed E-state index contributed by atoms with van der Waals surface area (Å²) in [5, 5.41) is 7.71. The van der Waals surface area contributed by atoms with E-state index < -0.39 is 0 Å². The number of aryl methyl sites for hydroxylation is 1. The summed E-state index contributed by atoms with van der Waals surface area (Å²) < 4.78 is 13.2. The van der Waals surface area contributed by atoms with Gasteiger partial charge in [0.25, 0.3) is 0 Å². The molecular formula is C13H10FN3. The van der Waals surface area contributed by atoms with E-state index in [1.54, 1.807) is 12.3 Å². The summed E-state index contributed by atoms with van der Waals surface area (Å²) in [6.45, 7) is 1.99. The Morgan fingerprint density at radius 3 is 2.82 bits per heavy atom. The highest BCUT2D eigenvalue weighted by atomic mass is 19.1. The monoisotopic (exact) mass is 227 g/mol. The van der Waals surface area contributed by atoms with Crippen molar-refractivity contribution in [1.82, 2.24) is 15.2 Å². The number of nitrogens with zero attached hydrogens (tertiary/aromatic N) is 2. The molecule has 0 bridgehead atoms. The van der Waals surface area contributed by atoms with Crippen molar-refractivity contribution in [2.75, 3.05) is 0 Å². The van der Waals surface area contributed by atoms with E-state index >= 15 is 0 Å². The molecule has 0 saturated carbocycles. The second-order valence-corrected chi connectivity index (χ2v) is 3.96. The molecule has 84 valence electrons. The van der Waals surface area contributed by atoms with Crippen LogP contribution >= 0.6 is 0 Å². The first-order valence-corrected chi connectivity index (χ1v) is 5.31. The average molecular weight is 227 g/mol. The van der Waals surface area contributed by atoms with Crippen LogP contribution in [0.1, 0.15) is 5.56 Å². The maximum absolute atomic E-state index is 13.2. The van der Waals surface area contributed by atoms with Crippen LogP contribution in [0.4, 0.5) is 4.39 Å². The molecule has 0 saturated heterocycles. The fraction of sp³-hybridized carbons (Fsp3) is 0.0769. The number of aromatic amines is 1. The van der Waals surface area contributed by atoms with Gasteiger partial charge in [-0.15, -0.1) is 0 Å². The normalized spacial score (nSPS) is 10.9. The van der Waals surface area contributed by atoms with E-state index in [0.717, 1.165) is 22.3 Å². The molecule has 0 aliphatic heterocycles. The number of pyridine rings is 1. The predicted octanol–water partition coefficient (Wildman–Crippen LogP) is 3.07. The zero-order valence-corrected chi connectivity index (χ0v) is 9.24. The zero-order valence-electron chi connectivity index (χ0n) is 9.24. The van der Waals surface area contributed by atoms with Gasteiger partial charge in [0.2, 0.25) is 0 Å². The number of benzene rings is 1. The molecule has 0 amide bonds. The molecule has 0 fully saturated rings. The van der Waals surface area contributed by atoms with Crippen LogP contribution < -0.4 is 0 Å². The Kier molecular flexibility index (Phi) is 2.14. The maximum atomic E-state index is 13.2. The second-order valence-electron chi connectivity index (χ2n) is 3.96. The average Bonchev–Trinajstić information content (AvgIpc) is 2.81. The Bertz CT molecular complexity index is 674. The van der Waals surface area contributed by atoms with E-state index in [1.165, 1.54) is 12.1 Å². The lowest BCUT2D eigenvalue weighted by molar-refractivity contribution is 0.629. The number of hydrogen-bond donors (Lipinski definition) is 1. The molecule has 1 N–H and O–H groups in total. The van der Waals surface area contributed by atoms with Crippen LogP contribution in [0.3, 0.4) is 0 Å². The van der Waals surface area contributed by atoms with Crippen molar-refractivity contribution in [2.24, 2.45) is 0 Å². The van der Waals surface area contributed by atoms with Crippen molar-refractivity contribution in [2.45, 2.75) is 6.92 Å². The third-order valence-corrected chi connectivity index (χ3v) is 2.76. The van der Waals surface area contributed by atoms with Gasteiger partial charge in [-0.05, 0) is 36.8 Å². The van der Waals surface area contributed by atoms with Gasteiger partial charge in [-0.3, -0.25) is 5.10 Å². The van der Waals surface area contributed by atoms with Crippen LogP contribution in [0.25, 0.3) is 22.3 Å². The number of H-pyrrole nitrogens is 1. The topological polar surface area (TPSA) is 41.6 Å². The Hall–Kier alpha value is -2.23. The van der Waals surface area contributed by atoms with Gasteiger partial charge >= 0.3 is 0 Å². The van der Waals surface area contributed by atoms with Gasteiger partial charge in [-0.25, -0.2) is 9.37 Å². The molecule has 3 aromatic rings. The minimum absolute atomic E-state index is 0.272. The molecule has 17 heavy (non-hydrogen) atoms. The molecular weight excluding hydrogens is 217 g/mol. The maximum Gasteiger partial charge on any atom is 0.125 e. The van der Waals surface area contributed by atoms with Crippen LogP contribution in [0.15, 0.2) is 36.5 Å². The molecule has 0 unspecified atom stereocenters. The Labute approximate surface area is 97.3 Å². The first-order valence-electron chi connectivity index (χ1n) is 5.31. The molecule has 0 aliphatic carbocycles. The summed E-state index contributed by atoms with van der Waals surface area (Å²) in [7, 11) is 0. The second kappa shape index (κ2) is 3.66. The van der Waals surface area contributed by atoms with Crippen LogP contribution in [-0.4, -0.2) is 15.2 Å². The van der Waals surface area contributed by atoms with Gasteiger partial charge in [0.05, 0.1) is 16.9 Å². The quantitative estimate of drug-likeness (QED) is 0.694. The van der Waals surface area contributed by atoms with E-state index in [9.17, 15) is 4.39 Å². The number of fused-ring (bicyclic) bond motifs is 1. The van der Waals surface area contributed by atoms with Crippen LogP contribution in [0.2, 0.25) is 0 Å². The molecule has 4 heteroatoms. The van der Waals surface area contributed by atoms with Crippen molar-refractivity contribution >= 4 is 10.9 Å². The van der Waals surface area contributed by atoms with Gasteiger partial charge in [-0.1, -0.05) is 0 Å². The van der Waals surface area contributed by atoms with E-state index in [2.05, 4.69) is 15.2 Å². The summed E-state index contributed by atoms with van der Waals surface area (Å²) >= 11 is 0. The fourth-order valence-electron chi connectivity index (χ4n) is 1.91. The van der Waals surface area contributed by atoms with Gasteiger partial charge in [-0.2, -0.15) is 5.10 Å². The standard InChI is InChI=1S/C13H10FN3/c1-8-6-13(11-4-5-15-17-11)16-12-7-9(14)2-3-10(8)12/h2-7H,1H3,(H,15,17). The number of halogens is 1. The fourth-order valence-corrected chi connectivity index (χ4v) is 1.91. The number of rotatable bonds is 1. The summed E-state index contributed by atoms with van der Waals surface area (Å²) in [6.07, 6.45) is 1.67. The lowest BCUT2D eigenvalue weighted by atomic mass is 10.1. The van der Waals surface area contributed by atoms with Gasteiger partial charge in [0.15, 0.2) is 0 Å². The minimum Gasteiger partial charge on any atom is -0.276 e. The highest BCUT2D eigenvalue weighted by molar-refractivity contribution is 5.84.